The van der Waals surface area contributed by atoms with E-state index < -0.39 is 0 Å². The Balaban J connectivity index is 2.40. The Morgan fingerprint density at radius 1 is 1.00 bits per heavy atom. The van der Waals surface area contributed by atoms with E-state index in [0.29, 0.717) is 5.92 Å². The molecule has 0 saturated heterocycles. The van der Waals surface area contributed by atoms with E-state index in [1.165, 1.54) is 5.56 Å². The average Bonchev–Trinajstić information content (AvgIpc) is 2.50. The number of nitrogens with zero attached hydrogens (tertiary/aromatic N) is 1. The molecule has 0 amide bonds. The molecule has 120 valence electrons. The van der Waals surface area contributed by atoms with Crippen molar-refractivity contribution in [1.82, 2.24) is 4.90 Å². The summed E-state index contributed by atoms with van der Waals surface area (Å²) in [5.74, 6) is 0.540. The van der Waals surface area contributed by atoms with E-state index in [2.05, 4.69) is 24.0 Å². The zero-order chi connectivity index (χ0) is 15.5. The van der Waals surface area contributed by atoms with Crippen LogP contribution in [0.5, 0.6) is 0 Å². The first-order chi connectivity index (χ1) is 10.2. The van der Waals surface area contributed by atoms with Crippen molar-refractivity contribution in [3.8, 4) is 0 Å². The van der Waals surface area contributed by atoms with Gasteiger partial charge in [0.05, 0.1) is 6.61 Å². The van der Waals surface area contributed by atoms with Crippen molar-refractivity contribution in [2.24, 2.45) is 0 Å². The molecule has 1 aromatic rings. The Kier molecular flexibility index (Phi) is 9.06. The summed E-state index contributed by atoms with van der Waals surface area (Å²) < 4.78 is 10.3. The maximum Gasteiger partial charge on any atom is 0.0589 e. The second-order valence-corrected chi connectivity index (χ2v) is 5.54. The third-order valence-electron chi connectivity index (χ3n) is 3.82. The van der Waals surface area contributed by atoms with Crippen LogP contribution in [0.4, 0.5) is 5.69 Å². The summed E-state index contributed by atoms with van der Waals surface area (Å²) in [7, 11) is 3.51. The second kappa shape index (κ2) is 10.6. The highest BCUT2D eigenvalue weighted by atomic mass is 16.5. The van der Waals surface area contributed by atoms with Crippen molar-refractivity contribution >= 4 is 5.69 Å². The fourth-order valence-corrected chi connectivity index (χ4v) is 2.36. The number of nitrogen functional groups attached to an aromatic ring is 1. The highest BCUT2D eigenvalue weighted by Crippen LogP contribution is 2.20. The van der Waals surface area contributed by atoms with E-state index in [0.717, 1.165) is 51.4 Å². The standard InChI is InChI=1S/C17H30N2O2/c1-15(16-5-7-17(18)8-6-16)9-11-19(12-14-21-3)10-4-13-20-2/h5-8,15H,4,9-14,18H2,1-3H3. The van der Waals surface area contributed by atoms with Gasteiger partial charge >= 0.3 is 0 Å². The second-order valence-electron chi connectivity index (χ2n) is 5.54. The van der Waals surface area contributed by atoms with Crippen LogP contribution in [0, 0.1) is 0 Å². The maximum absolute atomic E-state index is 5.74. The smallest absolute Gasteiger partial charge is 0.0589 e. The van der Waals surface area contributed by atoms with Gasteiger partial charge in [-0.1, -0.05) is 19.1 Å². The van der Waals surface area contributed by atoms with E-state index in [1.54, 1.807) is 14.2 Å². The zero-order valence-corrected chi connectivity index (χ0v) is 13.7. The molecule has 0 aliphatic heterocycles. The third-order valence-corrected chi connectivity index (χ3v) is 3.82. The quantitative estimate of drug-likeness (QED) is 0.503. The number of benzene rings is 1. The van der Waals surface area contributed by atoms with Crippen molar-refractivity contribution in [3.05, 3.63) is 29.8 Å². The number of rotatable bonds is 11. The van der Waals surface area contributed by atoms with Gasteiger partial charge in [0.15, 0.2) is 0 Å². The molecular formula is C17H30N2O2. The van der Waals surface area contributed by atoms with Gasteiger partial charge in [-0.2, -0.15) is 0 Å². The fraction of sp³-hybridized carbons (Fsp3) is 0.647. The molecule has 2 N–H and O–H groups in total. The zero-order valence-electron chi connectivity index (χ0n) is 13.7. The van der Waals surface area contributed by atoms with E-state index >= 15 is 0 Å². The molecule has 0 radical (unpaired) electrons. The summed E-state index contributed by atoms with van der Waals surface area (Å²) in [5.41, 5.74) is 7.92. The number of hydrogen-bond acceptors (Lipinski definition) is 4. The first-order valence-corrected chi connectivity index (χ1v) is 7.73. The largest absolute Gasteiger partial charge is 0.399 e. The van der Waals surface area contributed by atoms with Gasteiger partial charge in [-0.3, -0.25) is 0 Å². The number of ether oxygens (including phenoxy) is 2. The van der Waals surface area contributed by atoms with Crippen LogP contribution in [0.1, 0.15) is 31.2 Å². The first-order valence-electron chi connectivity index (χ1n) is 7.73. The Labute approximate surface area is 129 Å². The molecule has 1 rings (SSSR count). The summed E-state index contributed by atoms with van der Waals surface area (Å²) in [5, 5.41) is 0. The maximum atomic E-state index is 5.74. The number of nitrogens with two attached hydrogens (primary N) is 1. The van der Waals surface area contributed by atoms with Crippen molar-refractivity contribution in [1.29, 1.82) is 0 Å². The molecule has 0 bridgehead atoms. The first kappa shape index (κ1) is 18.0. The van der Waals surface area contributed by atoms with Crippen LogP contribution < -0.4 is 5.73 Å². The Hall–Kier alpha value is -1.10. The predicted molar refractivity (Wildman–Crippen MR) is 88.7 cm³/mol. The van der Waals surface area contributed by atoms with E-state index in [4.69, 9.17) is 15.2 Å². The Bertz CT molecular complexity index is 368. The molecule has 0 fully saturated rings. The topological polar surface area (TPSA) is 47.7 Å². The Morgan fingerprint density at radius 2 is 1.67 bits per heavy atom. The summed E-state index contributed by atoms with van der Waals surface area (Å²) in [6.45, 7) is 6.99. The van der Waals surface area contributed by atoms with Crippen LogP contribution in [0.2, 0.25) is 0 Å². The van der Waals surface area contributed by atoms with Crippen LogP contribution in [-0.2, 0) is 9.47 Å². The lowest BCUT2D eigenvalue weighted by molar-refractivity contribution is 0.131. The molecule has 0 aliphatic carbocycles. The monoisotopic (exact) mass is 294 g/mol. The average molecular weight is 294 g/mol. The van der Waals surface area contributed by atoms with Crippen molar-refractivity contribution in [3.63, 3.8) is 0 Å². The fourth-order valence-electron chi connectivity index (χ4n) is 2.36. The van der Waals surface area contributed by atoms with Crippen LogP contribution in [0.25, 0.3) is 0 Å². The molecular weight excluding hydrogens is 264 g/mol. The van der Waals surface area contributed by atoms with Gasteiger partial charge in [0, 0.05) is 39.6 Å². The number of methoxy groups -OCH3 is 2. The van der Waals surface area contributed by atoms with Crippen molar-refractivity contribution in [2.45, 2.75) is 25.7 Å². The lowest BCUT2D eigenvalue weighted by Gasteiger charge is -2.23. The molecule has 0 saturated carbocycles. The minimum Gasteiger partial charge on any atom is -0.399 e. The van der Waals surface area contributed by atoms with Crippen LogP contribution in [0.15, 0.2) is 24.3 Å². The minimum absolute atomic E-state index is 0.540. The lowest BCUT2D eigenvalue weighted by atomic mass is 9.97. The predicted octanol–water partition coefficient (Wildman–Crippen LogP) is 2.75. The lowest BCUT2D eigenvalue weighted by Crippen LogP contribution is -2.30. The van der Waals surface area contributed by atoms with Crippen molar-refractivity contribution < 1.29 is 9.47 Å². The molecule has 0 aromatic heterocycles. The Morgan fingerprint density at radius 3 is 2.29 bits per heavy atom. The molecule has 21 heavy (non-hydrogen) atoms. The van der Waals surface area contributed by atoms with Gasteiger partial charge in [-0.15, -0.1) is 0 Å². The van der Waals surface area contributed by atoms with Gasteiger partial charge in [0.25, 0.3) is 0 Å². The van der Waals surface area contributed by atoms with Gasteiger partial charge in [0.1, 0.15) is 0 Å². The van der Waals surface area contributed by atoms with Crippen LogP contribution >= 0.6 is 0 Å². The molecule has 4 heteroatoms. The van der Waals surface area contributed by atoms with Gasteiger partial charge in [0.2, 0.25) is 0 Å². The third kappa shape index (κ3) is 7.46. The summed E-state index contributed by atoms with van der Waals surface area (Å²) in [6, 6.07) is 8.22. The van der Waals surface area contributed by atoms with Crippen LogP contribution in [0.3, 0.4) is 0 Å². The van der Waals surface area contributed by atoms with E-state index in [1.807, 2.05) is 12.1 Å². The molecule has 0 spiro atoms. The summed E-state index contributed by atoms with van der Waals surface area (Å²) in [4.78, 5) is 2.45. The van der Waals surface area contributed by atoms with Gasteiger partial charge in [-0.25, -0.2) is 0 Å². The molecule has 1 unspecified atom stereocenters. The van der Waals surface area contributed by atoms with Crippen molar-refractivity contribution in [2.75, 3.05) is 52.8 Å². The van der Waals surface area contributed by atoms with E-state index in [9.17, 15) is 0 Å². The SMILES string of the molecule is COCCCN(CCOC)CCC(C)c1ccc(N)cc1. The van der Waals surface area contributed by atoms with Gasteiger partial charge in [-0.05, 0) is 43.0 Å². The summed E-state index contributed by atoms with van der Waals surface area (Å²) in [6.07, 6.45) is 2.21. The van der Waals surface area contributed by atoms with Crippen LogP contribution in [-0.4, -0.2) is 52.0 Å². The molecule has 0 heterocycles. The highest BCUT2D eigenvalue weighted by molar-refractivity contribution is 5.40. The number of anilines is 1. The minimum atomic E-state index is 0.540. The normalized spacial score (nSPS) is 12.8. The number of hydrogen-bond donors (Lipinski definition) is 1. The molecule has 0 aliphatic rings. The van der Waals surface area contributed by atoms with Gasteiger partial charge < -0.3 is 20.1 Å². The molecule has 1 aromatic carbocycles. The molecule has 1 atom stereocenters. The summed E-state index contributed by atoms with van der Waals surface area (Å²) >= 11 is 0. The highest BCUT2D eigenvalue weighted by Gasteiger charge is 2.09. The van der Waals surface area contributed by atoms with E-state index in [-0.39, 0.29) is 0 Å². The molecule has 4 nitrogen and oxygen atoms in total.